The predicted octanol–water partition coefficient (Wildman–Crippen LogP) is 0.970. The zero-order valence-corrected chi connectivity index (χ0v) is 11.3. The number of carbonyl (C=O) groups excluding carboxylic acids is 1. The van der Waals surface area contributed by atoms with E-state index in [2.05, 4.69) is 18.9 Å². The Morgan fingerprint density at radius 3 is 2.82 bits per heavy atom. The van der Waals surface area contributed by atoms with Crippen LogP contribution in [-0.2, 0) is 7.05 Å². The lowest BCUT2D eigenvalue weighted by Crippen LogP contribution is -2.46. The van der Waals surface area contributed by atoms with Gasteiger partial charge < -0.3 is 10.6 Å². The monoisotopic (exact) mass is 254 g/mol. The fourth-order valence-corrected chi connectivity index (χ4v) is 3.17. The van der Waals surface area contributed by atoms with Gasteiger partial charge >= 0.3 is 0 Å². The molecule has 17 heavy (non-hydrogen) atoms. The third-order valence-electron chi connectivity index (χ3n) is 2.88. The van der Waals surface area contributed by atoms with E-state index in [1.54, 1.807) is 11.7 Å². The number of hydrogen-bond acceptors (Lipinski definition) is 4. The van der Waals surface area contributed by atoms with Gasteiger partial charge in [0, 0.05) is 30.6 Å². The number of nitrogen functional groups attached to an aromatic ring is 1. The van der Waals surface area contributed by atoms with Crippen molar-refractivity contribution in [1.29, 1.82) is 0 Å². The fraction of sp³-hybridized carbons (Fsp3) is 0.636. The van der Waals surface area contributed by atoms with Crippen LogP contribution in [0.4, 0.5) is 5.69 Å². The highest BCUT2D eigenvalue weighted by Gasteiger charge is 2.31. The van der Waals surface area contributed by atoms with E-state index < -0.39 is 0 Å². The third kappa shape index (κ3) is 2.41. The first-order valence-corrected chi connectivity index (χ1v) is 6.60. The minimum absolute atomic E-state index is 0.0177. The Labute approximate surface area is 105 Å². The van der Waals surface area contributed by atoms with Gasteiger partial charge in [-0.1, -0.05) is 0 Å². The topological polar surface area (TPSA) is 64.2 Å². The zero-order chi connectivity index (χ0) is 12.6. The number of nitrogens with zero attached hydrogens (tertiary/aromatic N) is 3. The van der Waals surface area contributed by atoms with Crippen molar-refractivity contribution in [3.63, 3.8) is 0 Å². The molecule has 0 aliphatic carbocycles. The van der Waals surface area contributed by atoms with Crippen molar-refractivity contribution >= 4 is 23.4 Å². The molecular formula is C11H18N4OS. The number of carbonyl (C=O) groups is 1. The van der Waals surface area contributed by atoms with Crippen LogP contribution in [0.25, 0.3) is 0 Å². The van der Waals surface area contributed by atoms with Crippen LogP contribution in [0.3, 0.4) is 0 Å². The number of nitrogens with two attached hydrogens (primary N) is 1. The lowest BCUT2D eigenvalue weighted by atomic mass is 10.1. The highest BCUT2D eigenvalue weighted by Crippen LogP contribution is 2.30. The number of hydrogen-bond donors (Lipinski definition) is 1. The molecule has 0 aromatic carbocycles. The van der Waals surface area contributed by atoms with Gasteiger partial charge in [-0.3, -0.25) is 9.48 Å². The second-order valence-electron chi connectivity index (χ2n) is 4.91. The number of thioether (sulfide) groups is 1. The average Bonchev–Trinajstić information content (AvgIpc) is 2.56. The van der Waals surface area contributed by atoms with E-state index in [1.807, 2.05) is 16.7 Å². The second-order valence-corrected chi connectivity index (χ2v) is 6.71. The van der Waals surface area contributed by atoms with Gasteiger partial charge in [0.2, 0.25) is 0 Å². The molecular weight excluding hydrogens is 236 g/mol. The first-order valence-electron chi connectivity index (χ1n) is 5.61. The van der Waals surface area contributed by atoms with E-state index in [0.29, 0.717) is 11.4 Å². The highest BCUT2D eigenvalue weighted by atomic mass is 32.2. The number of amides is 1. The van der Waals surface area contributed by atoms with Crippen LogP contribution in [0.1, 0.15) is 24.3 Å². The van der Waals surface area contributed by atoms with Crippen LogP contribution in [0.5, 0.6) is 0 Å². The lowest BCUT2D eigenvalue weighted by Gasteiger charge is -2.37. The van der Waals surface area contributed by atoms with Gasteiger partial charge in [-0.15, -0.1) is 0 Å². The Balaban J connectivity index is 2.21. The Morgan fingerprint density at radius 1 is 1.59 bits per heavy atom. The fourth-order valence-electron chi connectivity index (χ4n) is 2.06. The molecule has 0 unspecified atom stereocenters. The van der Waals surface area contributed by atoms with Crippen LogP contribution in [0, 0.1) is 0 Å². The lowest BCUT2D eigenvalue weighted by molar-refractivity contribution is 0.0738. The Kier molecular flexibility index (Phi) is 3.07. The van der Waals surface area contributed by atoms with Crippen LogP contribution < -0.4 is 5.73 Å². The van der Waals surface area contributed by atoms with Gasteiger partial charge in [0.15, 0.2) is 0 Å². The normalized spacial score (nSPS) is 19.4. The van der Waals surface area contributed by atoms with Crippen molar-refractivity contribution < 1.29 is 4.79 Å². The van der Waals surface area contributed by atoms with Crippen molar-refractivity contribution in [3.8, 4) is 0 Å². The Hall–Kier alpha value is -1.17. The SMILES string of the molecule is Cn1ncc(N)c1C(=O)N1CCSC(C)(C)C1. The minimum Gasteiger partial charge on any atom is -0.396 e. The zero-order valence-electron chi connectivity index (χ0n) is 10.4. The van der Waals surface area contributed by atoms with Gasteiger partial charge in [0.25, 0.3) is 5.91 Å². The number of anilines is 1. The molecule has 1 amide bonds. The van der Waals surface area contributed by atoms with Crippen molar-refractivity contribution in [2.45, 2.75) is 18.6 Å². The van der Waals surface area contributed by atoms with E-state index in [0.717, 1.165) is 18.8 Å². The average molecular weight is 254 g/mol. The number of aryl methyl sites for hydroxylation is 1. The van der Waals surface area contributed by atoms with Crippen molar-refractivity contribution in [2.24, 2.45) is 7.05 Å². The Morgan fingerprint density at radius 2 is 2.29 bits per heavy atom. The van der Waals surface area contributed by atoms with E-state index in [9.17, 15) is 4.79 Å². The molecule has 1 aliphatic rings. The van der Waals surface area contributed by atoms with Gasteiger partial charge in [0.1, 0.15) is 5.69 Å². The molecule has 5 nitrogen and oxygen atoms in total. The van der Waals surface area contributed by atoms with Gasteiger partial charge in [-0.25, -0.2) is 0 Å². The quantitative estimate of drug-likeness (QED) is 0.811. The summed E-state index contributed by atoms with van der Waals surface area (Å²) in [5.74, 6) is 0.951. The van der Waals surface area contributed by atoms with E-state index in [-0.39, 0.29) is 10.7 Å². The van der Waals surface area contributed by atoms with Gasteiger partial charge in [-0.2, -0.15) is 16.9 Å². The molecule has 6 heteroatoms. The standard InChI is InChI=1S/C11H18N4OS/c1-11(2)7-15(4-5-17-11)10(16)9-8(12)6-13-14(9)3/h6H,4-5,7,12H2,1-3H3. The summed E-state index contributed by atoms with van der Waals surface area (Å²) in [6, 6.07) is 0. The van der Waals surface area contributed by atoms with Crippen LogP contribution in [-0.4, -0.2) is 44.2 Å². The van der Waals surface area contributed by atoms with E-state index in [1.165, 1.54) is 6.20 Å². The molecule has 1 saturated heterocycles. The summed E-state index contributed by atoms with van der Waals surface area (Å²) in [6.07, 6.45) is 1.52. The predicted molar refractivity (Wildman–Crippen MR) is 70.1 cm³/mol. The molecule has 0 atom stereocenters. The summed E-state index contributed by atoms with van der Waals surface area (Å²) in [5, 5.41) is 4.01. The number of aromatic nitrogens is 2. The molecule has 1 aromatic heterocycles. The minimum atomic E-state index is -0.0177. The van der Waals surface area contributed by atoms with Crippen LogP contribution >= 0.6 is 11.8 Å². The molecule has 1 fully saturated rings. The molecule has 0 bridgehead atoms. The van der Waals surface area contributed by atoms with E-state index in [4.69, 9.17) is 5.73 Å². The molecule has 2 N–H and O–H groups in total. The first kappa shape index (κ1) is 12.3. The van der Waals surface area contributed by atoms with E-state index >= 15 is 0 Å². The second kappa shape index (κ2) is 4.25. The van der Waals surface area contributed by atoms with Crippen molar-refractivity contribution in [1.82, 2.24) is 14.7 Å². The molecule has 1 aliphatic heterocycles. The first-order chi connectivity index (χ1) is 7.91. The maximum Gasteiger partial charge on any atom is 0.274 e. The van der Waals surface area contributed by atoms with Crippen LogP contribution in [0.2, 0.25) is 0 Å². The molecule has 0 saturated carbocycles. The summed E-state index contributed by atoms with van der Waals surface area (Å²) >= 11 is 1.90. The largest absolute Gasteiger partial charge is 0.396 e. The summed E-state index contributed by atoms with van der Waals surface area (Å²) in [7, 11) is 1.74. The third-order valence-corrected chi connectivity index (χ3v) is 4.18. The molecule has 0 spiro atoms. The number of rotatable bonds is 1. The van der Waals surface area contributed by atoms with Gasteiger partial charge in [-0.05, 0) is 13.8 Å². The molecule has 2 heterocycles. The summed E-state index contributed by atoms with van der Waals surface area (Å²) in [6.45, 7) is 5.84. The van der Waals surface area contributed by atoms with Crippen molar-refractivity contribution in [3.05, 3.63) is 11.9 Å². The maximum atomic E-state index is 12.4. The van der Waals surface area contributed by atoms with Gasteiger partial charge in [0.05, 0.1) is 11.9 Å². The molecule has 94 valence electrons. The molecule has 0 radical (unpaired) electrons. The summed E-state index contributed by atoms with van der Waals surface area (Å²) < 4.78 is 1.66. The van der Waals surface area contributed by atoms with Crippen molar-refractivity contribution in [2.75, 3.05) is 24.6 Å². The summed E-state index contributed by atoms with van der Waals surface area (Å²) in [5.41, 5.74) is 6.73. The molecule has 2 rings (SSSR count). The Bertz CT molecular complexity index is 421. The summed E-state index contributed by atoms with van der Waals surface area (Å²) in [4.78, 5) is 14.2. The maximum absolute atomic E-state index is 12.4. The smallest absolute Gasteiger partial charge is 0.274 e. The molecule has 1 aromatic rings. The van der Waals surface area contributed by atoms with Crippen LogP contribution in [0.15, 0.2) is 6.20 Å². The highest BCUT2D eigenvalue weighted by molar-refractivity contribution is 8.00.